The highest BCUT2D eigenvalue weighted by Gasteiger charge is 2.48. The number of imide groups is 1. The van der Waals surface area contributed by atoms with Crippen molar-refractivity contribution < 1.29 is 37.0 Å². The second-order valence-electron chi connectivity index (χ2n) is 6.43. The summed E-state index contributed by atoms with van der Waals surface area (Å²) in [5.41, 5.74) is 0.152. The first kappa shape index (κ1) is 19.9. The van der Waals surface area contributed by atoms with Gasteiger partial charge >= 0.3 is 12.4 Å². The monoisotopic (exact) mass is 401 g/mol. The Bertz CT molecular complexity index is 768. The number of alkyl halides is 3. The maximum atomic E-state index is 12.7. The Kier molecular flexibility index (Phi) is 5.45. The Morgan fingerprint density at radius 2 is 1.93 bits per heavy atom. The fraction of sp³-hybridized carbons (Fsp3) is 0.471. The summed E-state index contributed by atoms with van der Waals surface area (Å²) in [5, 5.41) is 2.76. The lowest BCUT2D eigenvalue weighted by Gasteiger charge is -2.32. The summed E-state index contributed by atoms with van der Waals surface area (Å²) in [6.07, 6.45) is -4.09. The average Bonchev–Trinajstić information content (AvgIpc) is 2.85. The van der Waals surface area contributed by atoms with Crippen molar-refractivity contribution in [2.24, 2.45) is 0 Å². The number of nitrogens with one attached hydrogen (secondary N) is 1. The Balaban J connectivity index is 1.71. The van der Waals surface area contributed by atoms with Gasteiger partial charge in [-0.25, -0.2) is 9.69 Å². The molecule has 1 N–H and O–H groups in total. The zero-order valence-electron chi connectivity index (χ0n) is 14.9. The highest BCUT2D eigenvalue weighted by molar-refractivity contribution is 6.21. The molecule has 28 heavy (non-hydrogen) atoms. The minimum absolute atomic E-state index is 0.101. The van der Waals surface area contributed by atoms with Gasteiger partial charge in [-0.2, -0.15) is 0 Å². The highest BCUT2D eigenvalue weighted by atomic mass is 19.4. The predicted octanol–water partition coefficient (Wildman–Crippen LogP) is 1.65. The van der Waals surface area contributed by atoms with Gasteiger partial charge in [0.1, 0.15) is 18.4 Å². The van der Waals surface area contributed by atoms with Crippen molar-refractivity contribution in [3.63, 3.8) is 0 Å². The summed E-state index contributed by atoms with van der Waals surface area (Å²) >= 11 is 0. The quantitative estimate of drug-likeness (QED) is 0.758. The third-order valence-corrected chi connectivity index (χ3v) is 4.51. The number of anilines is 1. The molecule has 1 aromatic rings. The Labute approximate surface area is 158 Å². The molecular formula is C17H18F3N3O5. The number of nitrogens with zero attached hydrogens (tertiary/aromatic N) is 2. The van der Waals surface area contributed by atoms with Gasteiger partial charge in [0.15, 0.2) is 0 Å². The van der Waals surface area contributed by atoms with Crippen LogP contribution in [0.25, 0.3) is 0 Å². The highest BCUT2D eigenvalue weighted by Crippen LogP contribution is 2.32. The molecule has 0 radical (unpaired) electrons. The maximum Gasteiger partial charge on any atom is 0.573 e. The van der Waals surface area contributed by atoms with Crippen molar-refractivity contribution in [2.45, 2.75) is 31.3 Å². The van der Waals surface area contributed by atoms with Crippen LogP contribution in [0.1, 0.15) is 12.8 Å². The summed E-state index contributed by atoms with van der Waals surface area (Å²) in [5.74, 6) is -1.25. The number of fused-ring (bicyclic) bond motifs is 1. The van der Waals surface area contributed by atoms with Crippen LogP contribution in [0.2, 0.25) is 0 Å². The summed E-state index contributed by atoms with van der Waals surface area (Å²) in [6.45, 7) is 0.176. The van der Waals surface area contributed by atoms with Crippen LogP contribution in [-0.2, 0) is 14.3 Å². The molecule has 0 spiro atoms. The van der Waals surface area contributed by atoms with Crippen LogP contribution >= 0.6 is 0 Å². The van der Waals surface area contributed by atoms with Gasteiger partial charge in [0.25, 0.3) is 5.91 Å². The van der Waals surface area contributed by atoms with Crippen LogP contribution in [0.4, 0.5) is 23.7 Å². The zero-order valence-corrected chi connectivity index (χ0v) is 14.9. The number of rotatable bonds is 5. The fourth-order valence-electron chi connectivity index (χ4n) is 3.37. The summed E-state index contributed by atoms with van der Waals surface area (Å²) in [7, 11) is 1.39. The molecule has 8 nitrogen and oxygen atoms in total. The number of piperidine rings is 1. The Hall–Kier alpha value is -2.82. The van der Waals surface area contributed by atoms with Crippen molar-refractivity contribution in [2.75, 3.05) is 25.2 Å². The van der Waals surface area contributed by atoms with Gasteiger partial charge in [0, 0.05) is 19.7 Å². The number of ether oxygens (including phenoxy) is 2. The second-order valence-corrected chi connectivity index (χ2v) is 6.43. The minimum Gasteiger partial charge on any atom is -0.406 e. The SMILES string of the molecule is COCC(=O)N[C@H]1CCN2C(=O)N(c3ccc(OC(F)(F)F)cc3)C(=O)[C@@H]2C1. The zero-order chi connectivity index (χ0) is 20.5. The molecule has 0 unspecified atom stereocenters. The van der Waals surface area contributed by atoms with Gasteiger partial charge in [-0.05, 0) is 37.1 Å². The lowest BCUT2D eigenvalue weighted by atomic mass is 9.98. The van der Waals surface area contributed by atoms with E-state index in [9.17, 15) is 27.6 Å². The van der Waals surface area contributed by atoms with Crippen LogP contribution in [-0.4, -0.2) is 61.5 Å². The molecule has 2 atom stereocenters. The van der Waals surface area contributed by atoms with E-state index in [1.807, 2.05) is 0 Å². The van der Waals surface area contributed by atoms with E-state index < -0.39 is 30.1 Å². The molecule has 0 saturated carbocycles. The third-order valence-electron chi connectivity index (χ3n) is 4.51. The van der Waals surface area contributed by atoms with Crippen molar-refractivity contribution >= 4 is 23.5 Å². The number of hydrogen-bond acceptors (Lipinski definition) is 5. The van der Waals surface area contributed by atoms with Gasteiger partial charge in [-0.15, -0.1) is 13.2 Å². The van der Waals surface area contributed by atoms with Gasteiger partial charge in [0.2, 0.25) is 5.91 Å². The molecule has 0 bridgehead atoms. The normalized spacial score (nSPS) is 22.3. The number of urea groups is 1. The first-order valence-electron chi connectivity index (χ1n) is 8.48. The van der Waals surface area contributed by atoms with Gasteiger partial charge < -0.3 is 19.7 Å². The maximum absolute atomic E-state index is 12.7. The molecule has 0 aromatic heterocycles. The number of amides is 4. The number of hydrogen-bond donors (Lipinski definition) is 1. The molecule has 2 saturated heterocycles. The number of carbonyl (C=O) groups is 3. The van der Waals surface area contributed by atoms with E-state index in [-0.39, 0.29) is 37.2 Å². The molecule has 11 heteroatoms. The van der Waals surface area contributed by atoms with E-state index in [2.05, 4.69) is 10.1 Å². The standard InChI is InChI=1S/C17H18F3N3O5/c1-27-9-14(24)21-10-6-7-22-13(8-10)15(25)23(16(22)26)11-2-4-12(5-3-11)28-17(18,19)20/h2-5,10,13H,6-9H2,1H3,(H,21,24)/t10-,13-/m0/s1. The molecule has 152 valence electrons. The third kappa shape index (κ3) is 4.19. The van der Waals surface area contributed by atoms with E-state index in [0.717, 1.165) is 17.0 Å². The first-order chi connectivity index (χ1) is 13.2. The van der Waals surface area contributed by atoms with Gasteiger partial charge in [-0.1, -0.05) is 0 Å². The molecular weight excluding hydrogens is 383 g/mol. The van der Waals surface area contributed by atoms with Crippen LogP contribution < -0.4 is 15.0 Å². The lowest BCUT2D eigenvalue weighted by molar-refractivity contribution is -0.274. The van der Waals surface area contributed by atoms with Crippen LogP contribution in [0.3, 0.4) is 0 Å². The van der Waals surface area contributed by atoms with Crippen molar-refractivity contribution in [1.29, 1.82) is 0 Å². The largest absolute Gasteiger partial charge is 0.573 e. The molecule has 2 fully saturated rings. The first-order valence-corrected chi connectivity index (χ1v) is 8.48. The van der Waals surface area contributed by atoms with Crippen molar-refractivity contribution in [1.82, 2.24) is 10.2 Å². The second kappa shape index (κ2) is 7.66. The predicted molar refractivity (Wildman–Crippen MR) is 89.5 cm³/mol. The van der Waals surface area contributed by atoms with Crippen LogP contribution in [0.5, 0.6) is 5.75 Å². The molecule has 0 aliphatic carbocycles. The molecule has 1 aromatic carbocycles. The number of carbonyl (C=O) groups excluding carboxylic acids is 3. The van der Waals surface area contributed by atoms with Gasteiger partial charge in [-0.3, -0.25) is 9.59 Å². The molecule has 2 aliphatic heterocycles. The summed E-state index contributed by atoms with van der Waals surface area (Å²) in [4.78, 5) is 39.3. The molecule has 4 amide bonds. The van der Waals surface area contributed by atoms with E-state index in [1.54, 1.807) is 0 Å². The number of benzene rings is 1. The average molecular weight is 401 g/mol. The Morgan fingerprint density at radius 3 is 2.54 bits per heavy atom. The van der Waals surface area contributed by atoms with E-state index >= 15 is 0 Å². The van der Waals surface area contributed by atoms with E-state index in [1.165, 1.54) is 24.1 Å². The summed E-state index contributed by atoms with van der Waals surface area (Å²) < 4.78 is 45.3. The summed E-state index contributed by atoms with van der Waals surface area (Å²) in [6, 6.07) is 2.95. The topological polar surface area (TPSA) is 88.2 Å². The number of halogens is 3. The van der Waals surface area contributed by atoms with Crippen LogP contribution in [0, 0.1) is 0 Å². The number of methoxy groups -OCH3 is 1. The van der Waals surface area contributed by atoms with E-state index in [0.29, 0.717) is 6.42 Å². The lowest BCUT2D eigenvalue weighted by Crippen LogP contribution is -2.50. The minimum atomic E-state index is -4.83. The smallest absolute Gasteiger partial charge is 0.406 e. The Morgan fingerprint density at radius 1 is 1.25 bits per heavy atom. The molecule has 2 aliphatic rings. The fourth-order valence-corrected chi connectivity index (χ4v) is 3.37. The van der Waals surface area contributed by atoms with E-state index in [4.69, 9.17) is 4.74 Å². The molecule has 2 heterocycles. The van der Waals surface area contributed by atoms with Crippen molar-refractivity contribution in [3.05, 3.63) is 24.3 Å². The van der Waals surface area contributed by atoms with Crippen molar-refractivity contribution in [3.8, 4) is 5.75 Å². The van der Waals surface area contributed by atoms with Crippen LogP contribution in [0.15, 0.2) is 24.3 Å². The molecule has 3 rings (SSSR count). The van der Waals surface area contributed by atoms with Gasteiger partial charge in [0.05, 0.1) is 5.69 Å².